The second-order valence-corrected chi connectivity index (χ2v) is 7.78. The van der Waals surface area contributed by atoms with Crippen molar-refractivity contribution in [3.8, 4) is 5.75 Å². The van der Waals surface area contributed by atoms with Gasteiger partial charge in [0.1, 0.15) is 0 Å². The molecule has 1 aliphatic rings. The van der Waals surface area contributed by atoms with Crippen molar-refractivity contribution in [1.29, 1.82) is 0 Å². The minimum atomic E-state index is -1.02. The molecule has 1 aliphatic heterocycles. The Hall–Kier alpha value is -2.82. The van der Waals surface area contributed by atoms with Crippen molar-refractivity contribution in [2.24, 2.45) is 4.99 Å². The Balaban J connectivity index is 2.33. The molecule has 2 heterocycles. The molecule has 0 radical (unpaired) electrons. The van der Waals surface area contributed by atoms with Crippen LogP contribution in [-0.2, 0) is 28.6 Å². The zero-order valence-corrected chi connectivity index (χ0v) is 18.3. The molecular weight excluding hydrogens is 414 g/mol. The highest BCUT2D eigenvalue weighted by molar-refractivity contribution is 7.99. The van der Waals surface area contributed by atoms with Gasteiger partial charge in [0.15, 0.2) is 35.3 Å². The molecule has 11 heteroatoms. The van der Waals surface area contributed by atoms with E-state index in [-0.39, 0.29) is 5.75 Å². The summed E-state index contributed by atoms with van der Waals surface area (Å²) in [4.78, 5) is 45.1. The predicted octanol–water partition coefficient (Wildman–Crippen LogP) is 1.55. The van der Waals surface area contributed by atoms with Gasteiger partial charge in [-0.1, -0.05) is 0 Å². The van der Waals surface area contributed by atoms with Gasteiger partial charge in [0, 0.05) is 46.8 Å². The van der Waals surface area contributed by atoms with Gasteiger partial charge < -0.3 is 23.8 Å². The molecule has 10 nitrogen and oxygen atoms in total. The van der Waals surface area contributed by atoms with E-state index in [0.29, 0.717) is 11.6 Å². The van der Waals surface area contributed by atoms with Gasteiger partial charge in [-0.15, -0.1) is 11.8 Å². The third kappa shape index (κ3) is 6.90. The second-order valence-electron chi connectivity index (χ2n) is 6.65. The summed E-state index contributed by atoms with van der Waals surface area (Å²) in [6, 6.07) is 3.36. The smallest absolute Gasteiger partial charge is 0.303 e. The molecule has 0 amide bonds. The van der Waals surface area contributed by atoms with Crippen LogP contribution >= 0.6 is 11.8 Å². The van der Waals surface area contributed by atoms with E-state index in [1.54, 1.807) is 29.6 Å². The average Bonchev–Trinajstić information content (AvgIpc) is 2.64. The van der Waals surface area contributed by atoms with Gasteiger partial charge in [-0.25, -0.2) is 9.98 Å². The number of hydrogen-bond acceptors (Lipinski definition) is 10. The highest BCUT2D eigenvalue weighted by atomic mass is 32.2. The summed E-state index contributed by atoms with van der Waals surface area (Å²) in [6.07, 6.45) is 0.323. The zero-order chi connectivity index (χ0) is 22.3. The SMILES string of the molecule is CC(=O)O[C@@H]1[C@@H](OC(C)=O)[C@H](OC(C)=O)CS[C@H]1Oc1cccnc1/N=C/N(C)C. The molecular formula is C19H25N3O7S. The topological polar surface area (TPSA) is 117 Å². The number of esters is 3. The highest BCUT2D eigenvalue weighted by Gasteiger charge is 2.47. The summed E-state index contributed by atoms with van der Waals surface area (Å²) in [7, 11) is 3.64. The lowest BCUT2D eigenvalue weighted by molar-refractivity contribution is -0.186. The van der Waals surface area contributed by atoms with E-state index in [1.165, 1.54) is 32.5 Å². The minimum Gasteiger partial charge on any atom is -0.472 e. The zero-order valence-electron chi connectivity index (χ0n) is 17.4. The molecule has 0 unspecified atom stereocenters. The van der Waals surface area contributed by atoms with E-state index in [9.17, 15) is 14.4 Å². The van der Waals surface area contributed by atoms with E-state index < -0.39 is 41.7 Å². The Morgan fingerprint density at radius 2 is 1.73 bits per heavy atom. The molecule has 30 heavy (non-hydrogen) atoms. The van der Waals surface area contributed by atoms with Crippen LogP contribution in [0.3, 0.4) is 0 Å². The first-order valence-corrected chi connectivity index (χ1v) is 10.2. The molecule has 0 N–H and O–H groups in total. The lowest BCUT2D eigenvalue weighted by Gasteiger charge is -2.39. The van der Waals surface area contributed by atoms with Gasteiger partial charge in [-0.05, 0) is 12.1 Å². The molecule has 1 saturated heterocycles. The summed E-state index contributed by atoms with van der Waals surface area (Å²) >= 11 is 1.26. The predicted molar refractivity (Wildman–Crippen MR) is 110 cm³/mol. The van der Waals surface area contributed by atoms with Crippen LogP contribution < -0.4 is 4.74 Å². The number of aromatic nitrogens is 1. The van der Waals surface area contributed by atoms with E-state index >= 15 is 0 Å². The standard InChI is InChI=1S/C19H25N3O7S/c1-11(23)26-15-9-30-19(17(28-13(3)25)16(15)27-12(2)24)29-14-7-6-8-20-18(14)21-10-22(4)5/h6-8,10,15-17,19H,9H2,1-5H3/b21-10+/t15-,16+,17-,19-/m1/s1. The van der Waals surface area contributed by atoms with E-state index in [0.717, 1.165) is 0 Å². The molecule has 4 atom stereocenters. The molecule has 1 aromatic rings. The van der Waals surface area contributed by atoms with E-state index in [1.807, 2.05) is 14.1 Å². The van der Waals surface area contributed by atoms with E-state index in [2.05, 4.69) is 9.98 Å². The highest BCUT2D eigenvalue weighted by Crippen LogP contribution is 2.36. The fourth-order valence-corrected chi connectivity index (χ4v) is 3.89. The van der Waals surface area contributed by atoms with Crippen molar-refractivity contribution in [3.63, 3.8) is 0 Å². The number of ether oxygens (including phenoxy) is 4. The van der Waals surface area contributed by atoms with Crippen molar-refractivity contribution in [2.45, 2.75) is 44.5 Å². The molecule has 0 bridgehead atoms. The summed E-state index contributed by atoms with van der Waals surface area (Å²) in [5, 5.41) is 0. The fraction of sp³-hybridized carbons (Fsp3) is 0.526. The number of carbonyl (C=O) groups excluding carboxylic acids is 3. The number of carbonyl (C=O) groups is 3. The molecule has 0 aliphatic carbocycles. The van der Waals surface area contributed by atoms with Gasteiger partial charge in [-0.3, -0.25) is 14.4 Å². The Morgan fingerprint density at radius 3 is 2.33 bits per heavy atom. The summed E-state index contributed by atoms with van der Waals surface area (Å²) in [5.41, 5.74) is -0.748. The van der Waals surface area contributed by atoms with Gasteiger partial charge in [-0.2, -0.15) is 0 Å². The number of rotatable bonds is 7. The molecule has 1 aromatic heterocycles. The lowest BCUT2D eigenvalue weighted by Crippen LogP contribution is -2.55. The molecule has 0 aromatic carbocycles. The Bertz CT molecular complexity index is 802. The summed E-state index contributed by atoms with van der Waals surface area (Å²) in [5.74, 6) is -0.760. The van der Waals surface area contributed by atoms with Gasteiger partial charge in [0.05, 0.1) is 6.34 Å². The number of hydrogen-bond donors (Lipinski definition) is 0. The molecule has 2 rings (SSSR count). The second kappa shape index (κ2) is 10.8. The first-order chi connectivity index (χ1) is 14.2. The lowest BCUT2D eigenvalue weighted by atomic mass is 10.1. The van der Waals surface area contributed by atoms with Crippen LogP contribution in [0.25, 0.3) is 0 Å². The average molecular weight is 439 g/mol. The molecule has 0 saturated carbocycles. The largest absolute Gasteiger partial charge is 0.472 e. The van der Waals surface area contributed by atoms with Crippen LogP contribution in [0.15, 0.2) is 23.3 Å². The number of nitrogens with zero attached hydrogens (tertiary/aromatic N) is 3. The monoisotopic (exact) mass is 439 g/mol. The maximum atomic E-state index is 11.7. The quantitative estimate of drug-likeness (QED) is 0.268. The normalized spacial score (nSPS) is 23.5. The van der Waals surface area contributed by atoms with Crippen LogP contribution in [0.1, 0.15) is 20.8 Å². The Kier molecular flexibility index (Phi) is 8.46. The van der Waals surface area contributed by atoms with Crippen LogP contribution in [0, 0.1) is 0 Å². The maximum absolute atomic E-state index is 11.7. The van der Waals surface area contributed by atoms with Gasteiger partial charge in [0.2, 0.25) is 0 Å². The summed E-state index contributed by atoms with van der Waals surface area (Å²) < 4.78 is 22.1. The van der Waals surface area contributed by atoms with Crippen molar-refractivity contribution >= 4 is 41.8 Å². The maximum Gasteiger partial charge on any atom is 0.303 e. The van der Waals surface area contributed by atoms with Crippen LogP contribution in [0.5, 0.6) is 5.75 Å². The van der Waals surface area contributed by atoms with Crippen LogP contribution in [-0.4, -0.2) is 77.7 Å². The van der Waals surface area contributed by atoms with Crippen molar-refractivity contribution in [3.05, 3.63) is 18.3 Å². The van der Waals surface area contributed by atoms with E-state index in [4.69, 9.17) is 18.9 Å². The van der Waals surface area contributed by atoms with Crippen LogP contribution in [0.4, 0.5) is 5.82 Å². The number of thioether (sulfide) groups is 1. The van der Waals surface area contributed by atoms with Crippen molar-refractivity contribution in [1.82, 2.24) is 9.88 Å². The molecule has 1 fully saturated rings. The van der Waals surface area contributed by atoms with Gasteiger partial charge in [0.25, 0.3) is 0 Å². The first kappa shape index (κ1) is 23.5. The first-order valence-electron chi connectivity index (χ1n) is 9.13. The number of pyridine rings is 1. The number of aliphatic imine (C=N–C) groups is 1. The minimum absolute atomic E-state index is 0.274. The fourth-order valence-electron chi connectivity index (χ4n) is 2.68. The van der Waals surface area contributed by atoms with Gasteiger partial charge >= 0.3 is 17.9 Å². The Morgan fingerprint density at radius 1 is 1.10 bits per heavy atom. The molecule has 0 spiro atoms. The third-order valence-corrected chi connectivity index (χ3v) is 4.92. The van der Waals surface area contributed by atoms with Crippen LogP contribution in [0.2, 0.25) is 0 Å². The summed E-state index contributed by atoms with van der Waals surface area (Å²) in [6.45, 7) is 3.71. The molecule has 164 valence electrons. The van der Waals surface area contributed by atoms with Crippen molar-refractivity contribution in [2.75, 3.05) is 19.8 Å². The third-order valence-electron chi connectivity index (χ3n) is 3.71. The van der Waals surface area contributed by atoms with Crippen molar-refractivity contribution < 1.29 is 33.3 Å². The Labute approximate surface area is 178 Å².